The Labute approximate surface area is 81.4 Å². The minimum atomic E-state index is -1.10. The third kappa shape index (κ3) is 2.23. The first-order valence-corrected chi connectivity index (χ1v) is 4.22. The van der Waals surface area contributed by atoms with E-state index in [0.717, 1.165) is 0 Å². The molecule has 1 aromatic rings. The SMILES string of the molecule is CC(C(=O)O)C(O)c1cccc(O)c1. The predicted molar refractivity (Wildman–Crippen MR) is 49.9 cm³/mol. The molecule has 0 radical (unpaired) electrons. The molecule has 0 aliphatic heterocycles. The molecule has 4 nitrogen and oxygen atoms in total. The van der Waals surface area contributed by atoms with Gasteiger partial charge < -0.3 is 15.3 Å². The fourth-order valence-corrected chi connectivity index (χ4v) is 1.13. The van der Waals surface area contributed by atoms with Crippen LogP contribution < -0.4 is 0 Å². The third-order valence-corrected chi connectivity index (χ3v) is 2.07. The number of carboxylic acid groups (broad SMARTS) is 1. The zero-order valence-corrected chi connectivity index (χ0v) is 7.71. The number of hydrogen-bond acceptors (Lipinski definition) is 3. The quantitative estimate of drug-likeness (QED) is 0.677. The van der Waals surface area contributed by atoms with Gasteiger partial charge >= 0.3 is 5.97 Å². The molecule has 0 amide bonds. The molecule has 0 saturated carbocycles. The Balaban J connectivity index is 2.89. The van der Waals surface area contributed by atoms with E-state index in [1.54, 1.807) is 12.1 Å². The summed E-state index contributed by atoms with van der Waals surface area (Å²) in [7, 11) is 0. The van der Waals surface area contributed by atoms with Crippen molar-refractivity contribution in [1.29, 1.82) is 0 Å². The number of aliphatic carboxylic acids is 1. The topological polar surface area (TPSA) is 77.8 Å². The summed E-state index contributed by atoms with van der Waals surface area (Å²) in [5.41, 5.74) is 0.403. The van der Waals surface area contributed by atoms with Crippen molar-refractivity contribution in [3.8, 4) is 5.75 Å². The van der Waals surface area contributed by atoms with Gasteiger partial charge in [0.15, 0.2) is 0 Å². The summed E-state index contributed by atoms with van der Waals surface area (Å²) in [6.45, 7) is 1.41. The Morgan fingerprint density at radius 1 is 1.43 bits per heavy atom. The summed E-state index contributed by atoms with van der Waals surface area (Å²) in [6, 6.07) is 5.94. The number of aromatic hydroxyl groups is 1. The van der Waals surface area contributed by atoms with E-state index in [-0.39, 0.29) is 5.75 Å². The van der Waals surface area contributed by atoms with Crippen molar-refractivity contribution < 1.29 is 20.1 Å². The Morgan fingerprint density at radius 3 is 2.57 bits per heavy atom. The summed E-state index contributed by atoms with van der Waals surface area (Å²) in [6.07, 6.45) is -1.10. The number of carboxylic acids is 1. The average molecular weight is 196 g/mol. The number of benzene rings is 1. The molecule has 1 rings (SSSR count). The van der Waals surface area contributed by atoms with Crippen LogP contribution in [0.4, 0.5) is 0 Å². The molecule has 0 aromatic heterocycles. The van der Waals surface area contributed by atoms with Crippen LogP contribution in [-0.2, 0) is 4.79 Å². The van der Waals surface area contributed by atoms with E-state index in [1.807, 2.05) is 0 Å². The van der Waals surface area contributed by atoms with Crippen molar-refractivity contribution in [1.82, 2.24) is 0 Å². The molecule has 14 heavy (non-hydrogen) atoms. The van der Waals surface area contributed by atoms with Gasteiger partial charge in [0, 0.05) is 0 Å². The summed E-state index contributed by atoms with van der Waals surface area (Å²) in [4.78, 5) is 10.6. The molecule has 2 unspecified atom stereocenters. The highest BCUT2D eigenvalue weighted by atomic mass is 16.4. The van der Waals surface area contributed by atoms with Gasteiger partial charge in [-0.2, -0.15) is 0 Å². The van der Waals surface area contributed by atoms with Gasteiger partial charge in [-0.05, 0) is 24.6 Å². The van der Waals surface area contributed by atoms with E-state index in [0.29, 0.717) is 5.56 Å². The number of hydrogen-bond donors (Lipinski definition) is 3. The molecular formula is C10H12O4. The number of aliphatic hydroxyl groups excluding tert-OH is 1. The Kier molecular flexibility index (Phi) is 3.09. The molecule has 0 spiro atoms. The summed E-state index contributed by atoms with van der Waals surface area (Å²) in [5.74, 6) is -1.95. The maximum Gasteiger partial charge on any atom is 0.309 e. The lowest BCUT2D eigenvalue weighted by Crippen LogP contribution is -2.18. The molecular weight excluding hydrogens is 184 g/mol. The molecule has 0 heterocycles. The van der Waals surface area contributed by atoms with Gasteiger partial charge in [-0.1, -0.05) is 12.1 Å². The van der Waals surface area contributed by atoms with Gasteiger partial charge in [0.05, 0.1) is 12.0 Å². The van der Waals surface area contributed by atoms with Crippen molar-refractivity contribution >= 4 is 5.97 Å². The van der Waals surface area contributed by atoms with Crippen LogP contribution in [0.3, 0.4) is 0 Å². The normalized spacial score (nSPS) is 14.7. The van der Waals surface area contributed by atoms with Gasteiger partial charge in [0.25, 0.3) is 0 Å². The minimum Gasteiger partial charge on any atom is -0.508 e. The van der Waals surface area contributed by atoms with E-state index < -0.39 is 18.0 Å². The number of carbonyl (C=O) groups is 1. The van der Waals surface area contributed by atoms with Crippen LogP contribution in [0, 0.1) is 5.92 Å². The summed E-state index contributed by atoms with van der Waals surface area (Å²) >= 11 is 0. The van der Waals surface area contributed by atoms with E-state index in [4.69, 9.17) is 10.2 Å². The lowest BCUT2D eigenvalue weighted by molar-refractivity contribution is -0.145. The van der Waals surface area contributed by atoms with E-state index >= 15 is 0 Å². The van der Waals surface area contributed by atoms with E-state index in [2.05, 4.69) is 0 Å². The second-order valence-corrected chi connectivity index (χ2v) is 3.17. The zero-order valence-electron chi connectivity index (χ0n) is 7.71. The first-order valence-electron chi connectivity index (χ1n) is 4.22. The Hall–Kier alpha value is -1.55. The Bertz CT molecular complexity index is 335. The molecule has 0 bridgehead atoms. The van der Waals surface area contributed by atoms with Crippen molar-refractivity contribution in [2.24, 2.45) is 5.92 Å². The molecule has 0 fully saturated rings. The first-order chi connectivity index (χ1) is 6.52. The standard InChI is InChI=1S/C10H12O4/c1-6(10(13)14)9(12)7-3-2-4-8(11)5-7/h2-6,9,11-12H,1H3,(H,13,14). The van der Waals surface area contributed by atoms with E-state index in [1.165, 1.54) is 19.1 Å². The fourth-order valence-electron chi connectivity index (χ4n) is 1.13. The molecule has 0 saturated heterocycles. The van der Waals surface area contributed by atoms with Crippen LogP contribution in [-0.4, -0.2) is 21.3 Å². The van der Waals surface area contributed by atoms with Gasteiger partial charge in [0.1, 0.15) is 5.75 Å². The van der Waals surface area contributed by atoms with Crippen LogP contribution in [0.5, 0.6) is 5.75 Å². The average Bonchev–Trinajstić information content (AvgIpc) is 2.15. The van der Waals surface area contributed by atoms with Gasteiger partial charge in [-0.25, -0.2) is 0 Å². The van der Waals surface area contributed by atoms with Crippen LogP contribution >= 0.6 is 0 Å². The van der Waals surface area contributed by atoms with Crippen molar-refractivity contribution in [2.75, 3.05) is 0 Å². The summed E-state index contributed by atoms with van der Waals surface area (Å²) < 4.78 is 0. The molecule has 0 aliphatic rings. The van der Waals surface area contributed by atoms with Crippen LogP contribution in [0.1, 0.15) is 18.6 Å². The fraction of sp³-hybridized carbons (Fsp3) is 0.300. The maximum absolute atomic E-state index is 10.6. The first kappa shape index (κ1) is 10.5. The van der Waals surface area contributed by atoms with Crippen LogP contribution in [0.2, 0.25) is 0 Å². The van der Waals surface area contributed by atoms with Crippen molar-refractivity contribution in [3.05, 3.63) is 29.8 Å². The highest BCUT2D eigenvalue weighted by molar-refractivity contribution is 5.70. The van der Waals surface area contributed by atoms with Gasteiger partial charge in [-0.15, -0.1) is 0 Å². The molecule has 2 atom stereocenters. The smallest absolute Gasteiger partial charge is 0.309 e. The molecule has 4 heteroatoms. The molecule has 1 aromatic carbocycles. The molecule has 3 N–H and O–H groups in total. The lowest BCUT2D eigenvalue weighted by Gasteiger charge is -2.15. The maximum atomic E-state index is 10.6. The monoisotopic (exact) mass is 196 g/mol. The Morgan fingerprint density at radius 2 is 2.07 bits per heavy atom. The highest BCUT2D eigenvalue weighted by Crippen LogP contribution is 2.24. The number of phenolic OH excluding ortho intramolecular Hbond substituents is 1. The van der Waals surface area contributed by atoms with Crippen molar-refractivity contribution in [3.63, 3.8) is 0 Å². The second kappa shape index (κ2) is 4.11. The third-order valence-electron chi connectivity index (χ3n) is 2.07. The van der Waals surface area contributed by atoms with E-state index in [9.17, 15) is 9.90 Å². The predicted octanol–water partition coefficient (Wildman–Crippen LogP) is 1.15. The lowest BCUT2D eigenvalue weighted by atomic mass is 9.97. The number of rotatable bonds is 3. The van der Waals surface area contributed by atoms with Crippen LogP contribution in [0.25, 0.3) is 0 Å². The minimum absolute atomic E-state index is 0.0131. The number of aliphatic hydroxyl groups is 1. The van der Waals surface area contributed by atoms with Gasteiger partial charge in [-0.3, -0.25) is 4.79 Å². The second-order valence-electron chi connectivity index (χ2n) is 3.17. The summed E-state index contributed by atoms with van der Waals surface area (Å²) in [5, 5.41) is 27.4. The molecule has 0 aliphatic carbocycles. The molecule has 76 valence electrons. The number of phenols is 1. The van der Waals surface area contributed by atoms with Crippen molar-refractivity contribution in [2.45, 2.75) is 13.0 Å². The largest absolute Gasteiger partial charge is 0.508 e. The van der Waals surface area contributed by atoms with Crippen LogP contribution in [0.15, 0.2) is 24.3 Å². The van der Waals surface area contributed by atoms with Gasteiger partial charge in [0.2, 0.25) is 0 Å². The zero-order chi connectivity index (χ0) is 10.7. The highest BCUT2D eigenvalue weighted by Gasteiger charge is 2.22.